The lowest BCUT2D eigenvalue weighted by Crippen LogP contribution is -2.37. The van der Waals surface area contributed by atoms with Gasteiger partial charge in [-0.15, -0.1) is 11.8 Å². The Bertz CT molecular complexity index is 695. The molecule has 0 aliphatic heterocycles. The number of methoxy groups -OCH3 is 2. The number of hydrogen-bond donors (Lipinski definition) is 2. The maximum Gasteiger partial charge on any atom is 0.315 e. The number of amides is 2. The number of hydrogen-bond acceptors (Lipinski definition) is 4. The van der Waals surface area contributed by atoms with Gasteiger partial charge in [-0.2, -0.15) is 0 Å². The molecule has 2 aromatic rings. The first kappa shape index (κ1) is 20.0. The van der Waals surface area contributed by atoms with Crippen molar-refractivity contribution >= 4 is 17.8 Å². The van der Waals surface area contributed by atoms with Crippen LogP contribution >= 0.6 is 11.8 Å². The van der Waals surface area contributed by atoms with Gasteiger partial charge in [0, 0.05) is 23.1 Å². The number of thioether (sulfide) groups is 1. The van der Waals surface area contributed by atoms with Crippen LogP contribution in [0.2, 0.25) is 0 Å². The van der Waals surface area contributed by atoms with Gasteiger partial charge in [0.2, 0.25) is 0 Å². The highest BCUT2D eigenvalue weighted by atomic mass is 32.2. The van der Waals surface area contributed by atoms with Crippen LogP contribution in [0.4, 0.5) is 4.79 Å². The molecule has 0 heterocycles. The van der Waals surface area contributed by atoms with Gasteiger partial charge in [0.25, 0.3) is 0 Å². The molecule has 1 unspecified atom stereocenters. The topological polar surface area (TPSA) is 59.6 Å². The molecule has 2 amide bonds. The summed E-state index contributed by atoms with van der Waals surface area (Å²) in [6.07, 6.45) is 0.910. The number of benzene rings is 2. The van der Waals surface area contributed by atoms with Crippen LogP contribution in [0.1, 0.15) is 24.9 Å². The van der Waals surface area contributed by atoms with E-state index in [4.69, 9.17) is 9.47 Å². The molecular formula is C20H26N2O3S. The predicted molar refractivity (Wildman–Crippen MR) is 106 cm³/mol. The second-order valence-corrected chi connectivity index (χ2v) is 6.91. The van der Waals surface area contributed by atoms with Gasteiger partial charge < -0.3 is 20.1 Å². The van der Waals surface area contributed by atoms with Gasteiger partial charge in [0.1, 0.15) is 11.5 Å². The minimum Gasteiger partial charge on any atom is -0.497 e. The number of ether oxygens (including phenoxy) is 2. The van der Waals surface area contributed by atoms with Gasteiger partial charge in [0.05, 0.1) is 20.3 Å². The smallest absolute Gasteiger partial charge is 0.315 e. The molecule has 6 heteroatoms. The Labute approximate surface area is 159 Å². The molecule has 0 saturated carbocycles. The van der Waals surface area contributed by atoms with Crippen molar-refractivity contribution in [3.63, 3.8) is 0 Å². The molecule has 0 bridgehead atoms. The molecule has 0 spiro atoms. The van der Waals surface area contributed by atoms with Crippen molar-refractivity contribution in [1.29, 1.82) is 0 Å². The van der Waals surface area contributed by atoms with Crippen LogP contribution in [-0.2, 0) is 0 Å². The molecule has 5 nitrogen and oxygen atoms in total. The fourth-order valence-corrected chi connectivity index (χ4v) is 3.36. The van der Waals surface area contributed by atoms with E-state index in [-0.39, 0.29) is 12.1 Å². The van der Waals surface area contributed by atoms with Gasteiger partial charge in [-0.05, 0) is 43.4 Å². The first-order chi connectivity index (χ1) is 12.6. The molecule has 26 heavy (non-hydrogen) atoms. The summed E-state index contributed by atoms with van der Waals surface area (Å²) in [5, 5.41) is 5.84. The van der Waals surface area contributed by atoms with Crippen LogP contribution in [0.5, 0.6) is 11.5 Å². The van der Waals surface area contributed by atoms with E-state index in [0.29, 0.717) is 12.3 Å². The van der Waals surface area contributed by atoms with E-state index in [1.165, 1.54) is 4.90 Å². The van der Waals surface area contributed by atoms with E-state index in [0.717, 1.165) is 23.5 Å². The number of rotatable bonds is 9. The number of carbonyl (C=O) groups is 1. The van der Waals surface area contributed by atoms with Gasteiger partial charge in [-0.25, -0.2) is 4.79 Å². The van der Waals surface area contributed by atoms with Crippen LogP contribution in [0.3, 0.4) is 0 Å². The fraction of sp³-hybridized carbons (Fsp3) is 0.350. The summed E-state index contributed by atoms with van der Waals surface area (Å²) in [5.41, 5.74) is 0.906. The second-order valence-electron chi connectivity index (χ2n) is 5.74. The van der Waals surface area contributed by atoms with Crippen molar-refractivity contribution in [1.82, 2.24) is 10.6 Å². The zero-order chi connectivity index (χ0) is 18.8. The molecule has 0 aliphatic carbocycles. The van der Waals surface area contributed by atoms with Crippen molar-refractivity contribution in [2.45, 2.75) is 24.3 Å². The van der Waals surface area contributed by atoms with Crippen molar-refractivity contribution < 1.29 is 14.3 Å². The van der Waals surface area contributed by atoms with Gasteiger partial charge in [-0.3, -0.25) is 0 Å². The highest BCUT2D eigenvalue weighted by molar-refractivity contribution is 7.99. The second kappa shape index (κ2) is 10.6. The average Bonchev–Trinajstić information content (AvgIpc) is 2.67. The van der Waals surface area contributed by atoms with Crippen LogP contribution < -0.4 is 20.1 Å². The maximum absolute atomic E-state index is 12.1. The summed E-state index contributed by atoms with van der Waals surface area (Å²) in [4.78, 5) is 13.3. The summed E-state index contributed by atoms with van der Waals surface area (Å²) < 4.78 is 10.6. The van der Waals surface area contributed by atoms with E-state index in [1.807, 2.05) is 43.3 Å². The summed E-state index contributed by atoms with van der Waals surface area (Å²) in [7, 11) is 3.22. The van der Waals surface area contributed by atoms with Gasteiger partial charge in [-0.1, -0.05) is 18.2 Å². The molecule has 2 N–H and O–H groups in total. The SMILES string of the molecule is COc1ccc(C(C)NC(=O)NCCCSc2ccccc2)c(OC)c1. The third-order valence-electron chi connectivity index (χ3n) is 3.87. The predicted octanol–water partition coefficient (Wildman–Crippen LogP) is 4.25. The lowest BCUT2D eigenvalue weighted by atomic mass is 10.1. The third kappa shape index (κ3) is 6.19. The Balaban J connectivity index is 1.73. The highest BCUT2D eigenvalue weighted by Gasteiger charge is 2.14. The minimum absolute atomic E-state index is 0.172. The van der Waals surface area contributed by atoms with E-state index in [2.05, 4.69) is 22.8 Å². The van der Waals surface area contributed by atoms with E-state index >= 15 is 0 Å². The molecular weight excluding hydrogens is 348 g/mol. The van der Waals surface area contributed by atoms with Crippen LogP contribution in [0.25, 0.3) is 0 Å². The number of nitrogens with one attached hydrogen (secondary N) is 2. The van der Waals surface area contributed by atoms with Crippen molar-refractivity contribution in [3.05, 3.63) is 54.1 Å². The van der Waals surface area contributed by atoms with E-state index in [1.54, 1.807) is 26.0 Å². The zero-order valence-corrected chi connectivity index (χ0v) is 16.3. The largest absolute Gasteiger partial charge is 0.497 e. The monoisotopic (exact) mass is 374 g/mol. The minimum atomic E-state index is -0.180. The molecule has 2 aromatic carbocycles. The van der Waals surface area contributed by atoms with Crippen LogP contribution in [0, 0.1) is 0 Å². The molecule has 1 atom stereocenters. The Hall–Kier alpha value is -2.34. The first-order valence-corrected chi connectivity index (χ1v) is 9.56. The maximum atomic E-state index is 12.1. The molecule has 2 rings (SSSR count). The molecule has 0 aromatic heterocycles. The van der Waals surface area contributed by atoms with Gasteiger partial charge in [0.15, 0.2) is 0 Å². The quantitative estimate of drug-likeness (QED) is 0.509. The van der Waals surface area contributed by atoms with E-state index < -0.39 is 0 Å². The normalized spacial score (nSPS) is 11.5. The fourth-order valence-electron chi connectivity index (χ4n) is 2.48. The lowest BCUT2D eigenvalue weighted by Gasteiger charge is -2.18. The third-order valence-corrected chi connectivity index (χ3v) is 4.97. The molecule has 0 aliphatic rings. The molecule has 0 radical (unpaired) electrons. The summed E-state index contributed by atoms with van der Waals surface area (Å²) in [6, 6.07) is 15.5. The van der Waals surface area contributed by atoms with Crippen molar-refractivity contribution in [2.24, 2.45) is 0 Å². The lowest BCUT2D eigenvalue weighted by molar-refractivity contribution is 0.237. The summed E-state index contributed by atoms with van der Waals surface area (Å²) >= 11 is 1.79. The number of urea groups is 1. The van der Waals surface area contributed by atoms with Gasteiger partial charge >= 0.3 is 6.03 Å². The Kier molecular flexibility index (Phi) is 8.15. The Morgan fingerprint density at radius 2 is 1.88 bits per heavy atom. The van der Waals surface area contributed by atoms with E-state index in [9.17, 15) is 4.79 Å². The molecule has 140 valence electrons. The standard InChI is InChI=1S/C20H26N2O3S/c1-15(18-11-10-16(24-2)14-19(18)25-3)22-20(23)21-12-7-13-26-17-8-5-4-6-9-17/h4-6,8-11,14-15H,7,12-13H2,1-3H3,(H2,21,22,23). The number of carbonyl (C=O) groups excluding carboxylic acids is 1. The van der Waals surface area contributed by atoms with Crippen LogP contribution in [-0.4, -0.2) is 32.5 Å². The average molecular weight is 375 g/mol. The Morgan fingerprint density at radius 1 is 1.12 bits per heavy atom. The van der Waals surface area contributed by atoms with Crippen LogP contribution in [0.15, 0.2) is 53.4 Å². The zero-order valence-electron chi connectivity index (χ0n) is 15.5. The van der Waals surface area contributed by atoms with Crippen molar-refractivity contribution in [3.8, 4) is 11.5 Å². The summed E-state index contributed by atoms with van der Waals surface area (Å²) in [5.74, 6) is 2.38. The molecule has 0 fully saturated rings. The highest BCUT2D eigenvalue weighted by Crippen LogP contribution is 2.29. The van der Waals surface area contributed by atoms with Crippen molar-refractivity contribution in [2.75, 3.05) is 26.5 Å². The molecule has 0 saturated heterocycles. The Morgan fingerprint density at radius 3 is 2.58 bits per heavy atom. The summed E-state index contributed by atoms with van der Waals surface area (Å²) in [6.45, 7) is 2.56. The first-order valence-electron chi connectivity index (χ1n) is 8.58.